The van der Waals surface area contributed by atoms with Gasteiger partial charge in [-0.15, -0.1) is 0 Å². The second-order valence-corrected chi connectivity index (χ2v) is 3.05. The Bertz CT molecular complexity index is 292. The maximum atomic E-state index is 5.80. The Kier molecular flexibility index (Phi) is 4.15. The number of halogens is 2. The van der Waals surface area contributed by atoms with Crippen molar-refractivity contribution >= 4 is 29.3 Å². The fraction of sp³-hybridized carbons (Fsp3) is 0.250. The van der Waals surface area contributed by atoms with Gasteiger partial charge in [-0.3, -0.25) is 0 Å². The molecule has 1 aromatic heterocycles. The van der Waals surface area contributed by atoms with E-state index in [1.165, 1.54) is 6.33 Å². The monoisotopic (exact) mass is 217 g/mol. The van der Waals surface area contributed by atoms with Crippen LogP contribution in [0.25, 0.3) is 6.08 Å². The van der Waals surface area contributed by atoms with E-state index in [0.717, 1.165) is 6.54 Å². The Labute approximate surface area is 86.8 Å². The molecule has 0 unspecified atom stereocenters. The Morgan fingerprint density at radius 3 is 2.54 bits per heavy atom. The van der Waals surface area contributed by atoms with Crippen molar-refractivity contribution in [1.29, 1.82) is 0 Å². The molecule has 0 aromatic carbocycles. The van der Waals surface area contributed by atoms with Crippen molar-refractivity contribution in [2.24, 2.45) is 0 Å². The van der Waals surface area contributed by atoms with Crippen molar-refractivity contribution in [2.75, 3.05) is 13.6 Å². The van der Waals surface area contributed by atoms with Gasteiger partial charge in [-0.1, -0.05) is 35.4 Å². The van der Waals surface area contributed by atoms with E-state index in [4.69, 9.17) is 23.2 Å². The molecule has 0 saturated carbocycles. The molecular formula is C8H9Cl2N3. The van der Waals surface area contributed by atoms with Gasteiger partial charge in [0.2, 0.25) is 0 Å². The predicted octanol–water partition coefficient (Wildman–Crippen LogP) is 2.02. The van der Waals surface area contributed by atoms with E-state index in [1.807, 2.05) is 13.1 Å². The largest absolute Gasteiger partial charge is 0.316 e. The lowest BCUT2D eigenvalue weighted by Crippen LogP contribution is -2.03. The first-order chi connectivity index (χ1) is 6.25. The van der Waals surface area contributed by atoms with Crippen LogP contribution in [-0.4, -0.2) is 23.6 Å². The highest BCUT2D eigenvalue weighted by molar-refractivity contribution is 6.35. The molecule has 0 aliphatic carbocycles. The Balaban J connectivity index is 2.87. The molecule has 13 heavy (non-hydrogen) atoms. The Hall–Kier alpha value is -0.640. The van der Waals surface area contributed by atoms with Crippen LogP contribution < -0.4 is 5.32 Å². The third kappa shape index (κ3) is 2.95. The fourth-order valence-corrected chi connectivity index (χ4v) is 1.23. The second-order valence-electron chi connectivity index (χ2n) is 2.33. The minimum absolute atomic E-state index is 0.368. The van der Waals surface area contributed by atoms with E-state index in [0.29, 0.717) is 15.9 Å². The number of nitrogens with zero attached hydrogens (tertiary/aromatic N) is 2. The molecule has 1 N–H and O–H groups in total. The van der Waals surface area contributed by atoms with E-state index in [-0.39, 0.29) is 0 Å². The lowest BCUT2D eigenvalue weighted by atomic mass is 10.3. The van der Waals surface area contributed by atoms with Crippen LogP contribution in [0.15, 0.2) is 12.4 Å². The smallest absolute Gasteiger partial charge is 0.141 e. The van der Waals surface area contributed by atoms with Crippen molar-refractivity contribution in [3.8, 4) is 0 Å². The van der Waals surface area contributed by atoms with E-state index in [1.54, 1.807) is 6.08 Å². The van der Waals surface area contributed by atoms with E-state index in [9.17, 15) is 0 Å². The van der Waals surface area contributed by atoms with Crippen molar-refractivity contribution in [3.05, 3.63) is 28.3 Å². The van der Waals surface area contributed by atoms with E-state index in [2.05, 4.69) is 15.3 Å². The Morgan fingerprint density at radius 2 is 2.00 bits per heavy atom. The molecule has 1 aromatic rings. The van der Waals surface area contributed by atoms with Crippen LogP contribution in [0.1, 0.15) is 5.56 Å². The fourth-order valence-electron chi connectivity index (χ4n) is 0.787. The van der Waals surface area contributed by atoms with Gasteiger partial charge in [-0.25, -0.2) is 9.97 Å². The van der Waals surface area contributed by atoms with Gasteiger partial charge in [-0.2, -0.15) is 0 Å². The lowest BCUT2D eigenvalue weighted by molar-refractivity contribution is 0.922. The predicted molar refractivity (Wildman–Crippen MR) is 55.0 cm³/mol. The van der Waals surface area contributed by atoms with Gasteiger partial charge in [-0.05, 0) is 7.05 Å². The van der Waals surface area contributed by atoms with Gasteiger partial charge in [0.15, 0.2) is 0 Å². The van der Waals surface area contributed by atoms with Crippen molar-refractivity contribution < 1.29 is 0 Å². The van der Waals surface area contributed by atoms with Crippen LogP contribution in [0.3, 0.4) is 0 Å². The van der Waals surface area contributed by atoms with Crippen LogP contribution in [0.2, 0.25) is 10.3 Å². The maximum Gasteiger partial charge on any atom is 0.141 e. The standard InChI is InChI=1S/C8H9Cl2N3/c1-11-4-2-3-6-7(9)12-5-13-8(6)10/h2-3,5,11H,4H2,1H3. The molecule has 1 heterocycles. The summed E-state index contributed by atoms with van der Waals surface area (Å²) in [6.07, 6.45) is 5.03. The highest BCUT2D eigenvalue weighted by Gasteiger charge is 2.02. The number of hydrogen-bond acceptors (Lipinski definition) is 3. The zero-order valence-electron chi connectivity index (χ0n) is 7.09. The molecule has 3 nitrogen and oxygen atoms in total. The summed E-state index contributed by atoms with van der Waals surface area (Å²) in [4.78, 5) is 7.63. The molecule has 1 rings (SSSR count). The molecule has 0 atom stereocenters. The first kappa shape index (κ1) is 10.4. The summed E-state index contributed by atoms with van der Waals surface area (Å²) in [5, 5.41) is 3.70. The molecule has 5 heteroatoms. The summed E-state index contributed by atoms with van der Waals surface area (Å²) in [5.74, 6) is 0. The summed E-state index contributed by atoms with van der Waals surface area (Å²) in [7, 11) is 1.86. The molecule has 0 amide bonds. The van der Waals surface area contributed by atoms with Crippen molar-refractivity contribution in [2.45, 2.75) is 0 Å². The second kappa shape index (κ2) is 5.17. The SMILES string of the molecule is CNCC=Cc1c(Cl)ncnc1Cl. The number of nitrogens with one attached hydrogen (secondary N) is 1. The molecule has 0 radical (unpaired) electrons. The summed E-state index contributed by atoms with van der Waals surface area (Å²) in [6.45, 7) is 0.752. The third-order valence-electron chi connectivity index (χ3n) is 1.39. The average Bonchev–Trinajstić information content (AvgIpc) is 2.10. The molecule has 0 aliphatic rings. The summed E-state index contributed by atoms with van der Waals surface area (Å²) >= 11 is 11.6. The normalized spacial score (nSPS) is 11.0. The molecular weight excluding hydrogens is 209 g/mol. The molecule has 0 spiro atoms. The highest BCUT2D eigenvalue weighted by atomic mass is 35.5. The van der Waals surface area contributed by atoms with Gasteiger partial charge in [0.25, 0.3) is 0 Å². The first-order valence-electron chi connectivity index (χ1n) is 3.73. The van der Waals surface area contributed by atoms with Crippen molar-refractivity contribution in [3.63, 3.8) is 0 Å². The first-order valence-corrected chi connectivity index (χ1v) is 4.48. The zero-order chi connectivity index (χ0) is 9.68. The van der Waals surface area contributed by atoms with Crippen LogP contribution in [0.5, 0.6) is 0 Å². The van der Waals surface area contributed by atoms with E-state index < -0.39 is 0 Å². The number of rotatable bonds is 3. The molecule has 0 saturated heterocycles. The summed E-state index contributed by atoms with van der Waals surface area (Å²) in [6, 6.07) is 0. The molecule has 0 bridgehead atoms. The minimum atomic E-state index is 0.368. The van der Waals surface area contributed by atoms with Gasteiger partial charge < -0.3 is 5.32 Å². The van der Waals surface area contributed by atoms with Crippen LogP contribution >= 0.6 is 23.2 Å². The average molecular weight is 218 g/mol. The summed E-state index contributed by atoms with van der Waals surface area (Å²) < 4.78 is 0. The van der Waals surface area contributed by atoms with Crippen LogP contribution in [-0.2, 0) is 0 Å². The number of likely N-dealkylation sites (N-methyl/N-ethyl adjacent to an activating group) is 1. The summed E-state index contributed by atoms with van der Waals surface area (Å²) in [5.41, 5.74) is 0.654. The van der Waals surface area contributed by atoms with Gasteiger partial charge in [0.1, 0.15) is 16.6 Å². The number of aromatic nitrogens is 2. The highest BCUT2D eigenvalue weighted by Crippen LogP contribution is 2.20. The van der Waals surface area contributed by atoms with Crippen LogP contribution in [0.4, 0.5) is 0 Å². The number of hydrogen-bond donors (Lipinski definition) is 1. The van der Waals surface area contributed by atoms with Gasteiger partial charge in [0, 0.05) is 12.1 Å². The molecule has 70 valence electrons. The van der Waals surface area contributed by atoms with Gasteiger partial charge >= 0.3 is 0 Å². The van der Waals surface area contributed by atoms with Crippen molar-refractivity contribution in [1.82, 2.24) is 15.3 Å². The molecule has 0 fully saturated rings. The Morgan fingerprint density at radius 1 is 1.38 bits per heavy atom. The van der Waals surface area contributed by atoms with Crippen LogP contribution in [0, 0.1) is 0 Å². The molecule has 0 aliphatic heterocycles. The third-order valence-corrected chi connectivity index (χ3v) is 2.00. The quantitative estimate of drug-likeness (QED) is 0.788. The zero-order valence-corrected chi connectivity index (χ0v) is 8.60. The minimum Gasteiger partial charge on any atom is -0.316 e. The lowest BCUT2D eigenvalue weighted by Gasteiger charge is -1.98. The van der Waals surface area contributed by atoms with Gasteiger partial charge in [0.05, 0.1) is 0 Å². The van der Waals surface area contributed by atoms with E-state index >= 15 is 0 Å². The maximum absolute atomic E-state index is 5.80. The topological polar surface area (TPSA) is 37.8 Å².